The topological polar surface area (TPSA) is 70.1 Å². The highest BCUT2D eigenvalue weighted by Gasteiger charge is 2.42. The minimum Gasteiger partial charge on any atom is -0.333 e. The lowest BCUT2D eigenvalue weighted by molar-refractivity contribution is 0.0575. The predicted octanol–water partition coefficient (Wildman–Crippen LogP) is 1.65. The number of piperidine rings is 1. The standard InChI is InChI=1S/C15H17N3O/c16-9-10-2-1-3-11(6-10)15(19)18-13-4-5-14(18)8-12(17)7-13/h1-3,6,12-14H,4-5,7-8,17H2/t12-,13+,14-. The Morgan fingerprint density at radius 3 is 2.63 bits per heavy atom. The first-order chi connectivity index (χ1) is 9.19. The third-order valence-electron chi connectivity index (χ3n) is 4.24. The molecule has 2 saturated heterocycles. The summed E-state index contributed by atoms with van der Waals surface area (Å²) >= 11 is 0. The van der Waals surface area contributed by atoms with Crippen molar-refractivity contribution >= 4 is 5.91 Å². The molecular formula is C15H17N3O. The fraction of sp³-hybridized carbons (Fsp3) is 0.467. The Kier molecular flexibility index (Phi) is 3.00. The highest BCUT2D eigenvalue weighted by molar-refractivity contribution is 5.95. The molecule has 2 heterocycles. The molecule has 1 aromatic carbocycles. The summed E-state index contributed by atoms with van der Waals surface area (Å²) in [4.78, 5) is 14.6. The molecule has 1 amide bonds. The first kappa shape index (κ1) is 12.2. The molecule has 2 N–H and O–H groups in total. The van der Waals surface area contributed by atoms with E-state index in [-0.39, 0.29) is 24.0 Å². The number of fused-ring (bicyclic) bond motifs is 2. The quantitative estimate of drug-likeness (QED) is 0.829. The SMILES string of the molecule is N#Cc1cccc(C(=O)N2[C@@H]3CC[C@H]2C[C@@H](N)C3)c1. The monoisotopic (exact) mass is 255 g/mol. The van der Waals surface area contributed by atoms with Crippen LogP contribution in [-0.2, 0) is 0 Å². The van der Waals surface area contributed by atoms with Gasteiger partial charge in [-0.05, 0) is 43.9 Å². The van der Waals surface area contributed by atoms with Crippen LogP contribution in [0.4, 0.5) is 0 Å². The van der Waals surface area contributed by atoms with Crippen LogP contribution in [-0.4, -0.2) is 28.9 Å². The van der Waals surface area contributed by atoms with Gasteiger partial charge in [-0.3, -0.25) is 4.79 Å². The minimum absolute atomic E-state index is 0.0523. The largest absolute Gasteiger partial charge is 0.333 e. The fourth-order valence-electron chi connectivity index (χ4n) is 3.42. The van der Waals surface area contributed by atoms with Crippen LogP contribution in [0.2, 0.25) is 0 Å². The molecule has 2 fully saturated rings. The number of hydrogen-bond acceptors (Lipinski definition) is 3. The molecule has 1 aromatic rings. The molecule has 4 nitrogen and oxygen atoms in total. The van der Waals surface area contributed by atoms with Crippen LogP contribution >= 0.6 is 0 Å². The van der Waals surface area contributed by atoms with Crippen molar-refractivity contribution in [1.29, 1.82) is 5.26 Å². The molecule has 0 aromatic heterocycles. The first-order valence-electron chi connectivity index (χ1n) is 6.77. The zero-order valence-electron chi connectivity index (χ0n) is 10.7. The number of hydrogen-bond donors (Lipinski definition) is 1. The number of benzene rings is 1. The molecule has 19 heavy (non-hydrogen) atoms. The van der Waals surface area contributed by atoms with E-state index < -0.39 is 0 Å². The lowest BCUT2D eigenvalue weighted by Gasteiger charge is -2.37. The van der Waals surface area contributed by atoms with Crippen molar-refractivity contribution in [3.63, 3.8) is 0 Å². The van der Waals surface area contributed by atoms with Gasteiger partial charge in [0, 0.05) is 23.7 Å². The lowest BCUT2D eigenvalue weighted by Crippen LogP contribution is -2.50. The van der Waals surface area contributed by atoms with Gasteiger partial charge in [0.15, 0.2) is 0 Å². The van der Waals surface area contributed by atoms with E-state index >= 15 is 0 Å². The van der Waals surface area contributed by atoms with Crippen molar-refractivity contribution < 1.29 is 4.79 Å². The normalized spacial score (nSPS) is 29.1. The second-order valence-electron chi connectivity index (χ2n) is 5.52. The molecule has 0 aliphatic carbocycles. The Morgan fingerprint density at radius 2 is 2.00 bits per heavy atom. The van der Waals surface area contributed by atoms with E-state index in [0.29, 0.717) is 11.1 Å². The first-order valence-corrected chi connectivity index (χ1v) is 6.77. The maximum atomic E-state index is 12.6. The molecule has 3 atom stereocenters. The van der Waals surface area contributed by atoms with Gasteiger partial charge in [-0.2, -0.15) is 5.26 Å². The number of nitrogens with two attached hydrogens (primary N) is 1. The van der Waals surface area contributed by atoms with Crippen LogP contribution in [0.3, 0.4) is 0 Å². The van der Waals surface area contributed by atoms with Crippen LogP contribution < -0.4 is 5.73 Å². The van der Waals surface area contributed by atoms with E-state index in [2.05, 4.69) is 6.07 Å². The van der Waals surface area contributed by atoms with Gasteiger partial charge >= 0.3 is 0 Å². The van der Waals surface area contributed by atoms with E-state index in [1.54, 1.807) is 24.3 Å². The Hall–Kier alpha value is -1.86. The molecule has 0 spiro atoms. The highest BCUT2D eigenvalue weighted by Crippen LogP contribution is 2.36. The number of nitrogens with zero attached hydrogens (tertiary/aromatic N) is 2. The minimum atomic E-state index is 0.0523. The molecular weight excluding hydrogens is 238 g/mol. The van der Waals surface area contributed by atoms with Gasteiger partial charge in [-0.1, -0.05) is 6.07 Å². The maximum absolute atomic E-state index is 12.6. The summed E-state index contributed by atoms with van der Waals surface area (Å²) < 4.78 is 0. The summed E-state index contributed by atoms with van der Waals surface area (Å²) in [7, 11) is 0. The zero-order chi connectivity index (χ0) is 13.4. The van der Waals surface area contributed by atoms with Crippen molar-refractivity contribution in [3.05, 3.63) is 35.4 Å². The second kappa shape index (κ2) is 4.67. The molecule has 0 unspecified atom stereocenters. The zero-order valence-corrected chi connectivity index (χ0v) is 10.7. The third-order valence-corrected chi connectivity index (χ3v) is 4.24. The summed E-state index contributed by atoms with van der Waals surface area (Å²) in [6.07, 6.45) is 3.92. The summed E-state index contributed by atoms with van der Waals surface area (Å²) in [6.45, 7) is 0. The summed E-state index contributed by atoms with van der Waals surface area (Å²) in [5.74, 6) is 0.0523. The van der Waals surface area contributed by atoms with E-state index in [1.165, 1.54) is 0 Å². The van der Waals surface area contributed by atoms with Crippen molar-refractivity contribution in [2.24, 2.45) is 5.73 Å². The van der Waals surface area contributed by atoms with Gasteiger partial charge in [0.2, 0.25) is 0 Å². The Morgan fingerprint density at radius 1 is 1.32 bits per heavy atom. The van der Waals surface area contributed by atoms with Crippen molar-refractivity contribution in [3.8, 4) is 6.07 Å². The van der Waals surface area contributed by atoms with Gasteiger partial charge in [-0.25, -0.2) is 0 Å². The second-order valence-corrected chi connectivity index (χ2v) is 5.52. The third kappa shape index (κ3) is 2.11. The van der Waals surface area contributed by atoms with Crippen molar-refractivity contribution in [2.75, 3.05) is 0 Å². The summed E-state index contributed by atoms with van der Waals surface area (Å²) in [5.41, 5.74) is 7.17. The van der Waals surface area contributed by atoms with Gasteiger partial charge in [0.1, 0.15) is 0 Å². The average Bonchev–Trinajstić information content (AvgIpc) is 2.70. The fourth-order valence-corrected chi connectivity index (χ4v) is 3.42. The van der Waals surface area contributed by atoms with Crippen molar-refractivity contribution in [2.45, 2.75) is 43.8 Å². The lowest BCUT2D eigenvalue weighted by atomic mass is 9.97. The highest BCUT2D eigenvalue weighted by atomic mass is 16.2. The van der Waals surface area contributed by atoms with Gasteiger partial charge < -0.3 is 10.6 Å². The van der Waals surface area contributed by atoms with Crippen LogP contribution in [0.25, 0.3) is 0 Å². The Balaban J connectivity index is 1.87. The van der Waals surface area contributed by atoms with E-state index in [1.807, 2.05) is 4.90 Å². The van der Waals surface area contributed by atoms with Gasteiger partial charge in [-0.15, -0.1) is 0 Å². The van der Waals surface area contributed by atoms with Crippen LogP contribution in [0.15, 0.2) is 24.3 Å². The van der Waals surface area contributed by atoms with Gasteiger partial charge in [0.25, 0.3) is 5.91 Å². The Bertz CT molecular complexity index is 535. The average molecular weight is 255 g/mol. The predicted molar refractivity (Wildman–Crippen MR) is 71.3 cm³/mol. The van der Waals surface area contributed by atoms with Crippen molar-refractivity contribution in [1.82, 2.24) is 4.90 Å². The van der Waals surface area contributed by atoms with Gasteiger partial charge in [0.05, 0.1) is 11.6 Å². The van der Waals surface area contributed by atoms with E-state index in [9.17, 15) is 4.79 Å². The molecule has 2 aliphatic heterocycles. The number of rotatable bonds is 1. The molecule has 2 bridgehead atoms. The number of carbonyl (C=O) groups is 1. The number of nitriles is 1. The maximum Gasteiger partial charge on any atom is 0.254 e. The molecule has 3 rings (SSSR count). The molecule has 0 radical (unpaired) electrons. The smallest absolute Gasteiger partial charge is 0.254 e. The van der Waals surface area contributed by atoms with Crippen LogP contribution in [0.1, 0.15) is 41.6 Å². The number of carbonyl (C=O) groups excluding carboxylic acids is 1. The van der Waals surface area contributed by atoms with E-state index in [0.717, 1.165) is 25.7 Å². The summed E-state index contributed by atoms with van der Waals surface area (Å²) in [5, 5.41) is 8.91. The molecule has 98 valence electrons. The molecule has 2 aliphatic rings. The number of amides is 1. The van der Waals surface area contributed by atoms with Crippen LogP contribution in [0.5, 0.6) is 0 Å². The van der Waals surface area contributed by atoms with Crippen LogP contribution in [0, 0.1) is 11.3 Å². The molecule has 0 saturated carbocycles. The summed E-state index contributed by atoms with van der Waals surface area (Å²) in [6, 6.07) is 9.83. The molecule has 4 heteroatoms. The Labute approximate surface area is 112 Å². The van der Waals surface area contributed by atoms with E-state index in [4.69, 9.17) is 11.0 Å².